The molecule has 0 fully saturated rings. The first-order valence-electron chi connectivity index (χ1n) is 11.0. The molecule has 5 heteroatoms. The minimum Gasteiger partial charge on any atom is -0.494 e. The lowest BCUT2D eigenvalue weighted by Gasteiger charge is -2.11. The second kappa shape index (κ2) is 16.3. The molecular weight excluding hydrogens is 368 g/mol. The van der Waals surface area contributed by atoms with Gasteiger partial charge in [0, 0.05) is 18.2 Å². The largest absolute Gasteiger partial charge is 0.494 e. The molecule has 1 rings (SSSR count). The molecule has 0 aliphatic carbocycles. The van der Waals surface area contributed by atoms with Crippen LogP contribution >= 0.6 is 12.2 Å². The number of carbonyl (C=O) groups excluding carboxylic acids is 1. The first kappa shape index (κ1) is 24.4. The van der Waals surface area contributed by atoms with Crippen molar-refractivity contribution in [3.63, 3.8) is 0 Å². The smallest absolute Gasteiger partial charge is 0.226 e. The lowest BCUT2D eigenvalue weighted by Crippen LogP contribution is -2.33. The summed E-state index contributed by atoms with van der Waals surface area (Å²) in [4.78, 5) is 12.0. The van der Waals surface area contributed by atoms with Gasteiger partial charge in [0.25, 0.3) is 0 Å². The summed E-state index contributed by atoms with van der Waals surface area (Å²) in [5, 5.41) is 6.12. The van der Waals surface area contributed by atoms with Gasteiger partial charge >= 0.3 is 0 Å². The number of anilines is 1. The average Bonchev–Trinajstić information content (AvgIpc) is 2.66. The first-order chi connectivity index (χ1) is 13.7. The quantitative estimate of drug-likeness (QED) is 0.254. The van der Waals surface area contributed by atoms with E-state index >= 15 is 0 Å². The van der Waals surface area contributed by atoms with Crippen molar-refractivity contribution in [2.75, 3.05) is 11.9 Å². The Morgan fingerprint density at radius 1 is 0.929 bits per heavy atom. The van der Waals surface area contributed by atoms with Crippen LogP contribution in [0.4, 0.5) is 5.69 Å². The van der Waals surface area contributed by atoms with Crippen molar-refractivity contribution >= 4 is 28.9 Å². The molecule has 0 atom stereocenters. The lowest BCUT2D eigenvalue weighted by atomic mass is 10.1. The maximum atomic E-state index is 12.0. The van der Waals surface area contributed by atoms with Crippen LogP contribution in [0.5, 0.6) is 5.75 Å². The molecule has 1 amide bonds. The second-order valence-electron chi connectivity index (χ2n) is 7.25. The highest BCUT2D eigenvalue weighted by molar-refractivity contribution is 7.80. The Hall–Kier alpha value is -1.62. The molecule has 1 aromatic rings. The number of hydrogen-bond donors (Lipinski definition) is 2. The number of amides is 1. The fraction of sp³-hybridized carbons (Fsp3) is 0.652. The van der Waals surface area contributed by atoms with Crippen molar-refractivity contribution in [3.05, 3.63) is 24.3 Å². The second-order valence-corrected chi connectivity index (χ2v) is 7.66. The van der Waals surface area contributed by atoms with Gasteiger partial charge in [0.05, 0.1) is 6.61 Å². The molecule has 0 heterocycles. The first-order valence-corrected chi connectivity index (χ1v) is 11.4. The van der Waals surface area contributed by atoms with Gasteiger partial charge in [0.2, 0.25) is 5.91 Å². The molecule has 0 aliphatic heterocycles. The van der Waals surface area contributed by atoms with Crippen molar-refractivity contribution in [2.24, 2.45) is 0 Å². The number of thiocarbonyl (C=S) groups is 1. The van der Waals surface area contributed by atoms with Gasteiger partial charge < -0.3 is 15.4 Å². The van der Waals surface area contributed by atoms with Crippen molar-refractivity contribution in [3.8, 4) is 5.75 Å². The predicted octanol–water partition coefficient (Wildman–Crippen LogP) is 6.60. The third-order valence-electron chi connectivity index (χ3n) is 4.66. The number of hydrogen-bond acceptors (Lipinski definition) is 3. The number of ether oxygens (including phenoxy) is 1. The topological polar surface area (TPSA) is 50.4 Å². The van der Waals surface area contributed by atoms with E-state index in [2.05, 4.69) is 17.6 Å². The molecule has 0 aliphatic rings. The summed E-state index contributed by atoms with van der Waals surface area (Å²) in [6.45, 7) is 4.81. The van der Waals surface area contributed by atoms with Crippen LogP contribution in [-0.4, -0.2) is 17.6 Å². The molecule has 158 valence electrons. The zero-order valence-electron chi connectivity index (χ0n) is 17.7. The Morgan fingerprint density at radius 3 is 2.14 bits per heavy atom. The van der Waals surface area contributed by atoms with Crippen LogP contribution in [0.1, 0.15) is 90.9 Å². The number of rotatable bonds is 15. The van der Waals surface area contributed by atoms with E-state index < -0.39 is 0 Å². The Bertz CT molecular complexity index is 563. The van der Waals surface area contributed by atoms with Crippen molar-refractivity contribution in [1.29, 1.82) is 0 Å². The summed E-state index contributed by atoms with van der Waals surface area (Å²) >= 11 is 5.22. The van der Waals surface area contributed by atoms with Gasteiger partial charge in [-0.1, -0.05) is 77.2 Å². The van der Waals surface area contributed by atoms with E-state index in [0.717, 1.165) is 24.3 Å². The van der Waals surface area contributed by atoms with E-state index in [1.54, 1.807) is 0 Å². The summed E-state index contributed by atoms with van der Waals surface area (Å²) < 4.78 is 5.46. The summed E-state index contributed by atoms with van der Waals surface area (Å²) in [6.07, 6.45) is 14.6. The molecule has 0 aromatic heterocycles. The Labute approximate surface area is 176 Å². The van der Waals surface area contributed by atoms with Gasteiger partial charge in [-0.3, -0.25) is 4.79 Å². The van der Waals surface area contributed by atoms with Gasteiger partial charge in [-0.05, 0) is 37.7 Å². The molecule has 0 saturated carbocycles. The maximum absolute atomic E-state index is 12.0. The van der Waals surface area contributed by atoms with Crippen molar-refractivity contribution in [2.45, 2.75) is 90.9 Å². The number of benzene rings is 1. The highest BCUT2D eigenvalue weighted by Crippen LogP contribution is 2.17. The monoisotopic (exact) mass is 406 g/mol. The molecule has 0 unspecified atom stereocenters. The third-order valence-corrected chi connectivity index (χ3v) is 4.87. The standard InChI is InChI=1S/C23H38N2O2S/c1-3-5-6-7-8-9-10-11-12-13-14-18-22(26)25-23(28)24-20-16-15-17-21(19-20)27-4-2/h15-17,19H,3-14,18H2,1-2H3,(H2,24,25,26,28). The van der Waals surface area contributed by atoms with Gasteiger partial charge in [-0.25, -0.2) is 0 Å². The van der Waals surface area contributed by atoms with Crippen LogP contribution < -0.4 is 15.4 Å². The minimum absolute atomic E-state index is 0.0191. The minimum atomic E-state index is -0.0191. The summed E-state index contributed by atoms with van der Waals surface area (Å²) in [5.41, 5.74) is 0.811. The highest BCUT2D eigenvalue weighted by atomic mass is 32.1. The molecule has 4 nitrogen and oxygen atoms in total. The Balaban J connectivity index is 2.04. The van der Waals surface area contributed by atoms with Crippen molar-refractivity contribution in [1.82, 2.24) is 5.32 Å². The summed E-state index contributed by atoms with van der Waals surface area (Å²) in [6, 6.07) is 7.54. The van der Waals surface area contributed by atoms with E-state index in [-0.39, 0.29) is 5.91 Å². The van der Waals surface area contributed by atoms with E-state index in [9.17, 15) is 4.79 Å². The number of nitrogens with one attached hydrogen (secondary N) is 2. The van der Waals surface area contributed by atoms with E-state index in [1.165, 1.54) is 57.8 Å². The van der Waals surface area contributed by atoms with Gasteiger partial charge in [0.15, 0.2) is 5.11 Å². The van der Waals surface area contributed by atoms with Crippen LogP contribution in [0.15, 0.2) is 24.3 Å². The molecule has 28 heavy (non-hydrogen) atoms. The molecule has 1 aromatic carbocycles. The fourth-order valence-corrected chi connectivity index (χ4v) is 3.36. The van der Waals surface area contributed by atoms with E-state index in [0.29, 0.717) is 18.1 Å². The normalized spacial score (nSPS) is 10.5. The molecule has 0 spiro atoms. The summed E-state index contributed by atoms with van der Waals surface area (Å²) in [7, 11) is 0. The number of unbranched alkanes of at least 4 members (excludes halogenated alkanes) is 10. The Kier molecular flexibility index (Phi) is 14.3. The highest BCUT2D eigenvalue weighted by Gasteiger charge is 2.05. The SMILES string of the molecule is CCCCCCCCCCCCCC(=O)NC(=S)Nc1cccc(OCC)c1. The van der Waals surface area contributed by atoms with Crippen LogP contribution in [0, 0.1) is 0 Å². The Morgan fingerprint density at radius 2 is 1.54 bits per heavy atom. The maximum Gasteiger partial charge on any atom is 0.226 e. The summed E-state index contributed by atoms with van der Waals surface area (Å²) in [5.74, 6) is 0.761. The fourth-order valence-electron chi connectivity index (χ4n) is 3.13. The molecular formula is C23H38N2O2S. The molecule has 0 radical (unpaired) electrons. The zero-order chi connectivity index (χ0) is 20.5. The predicted molar refractivity (Wildman–Crippen MR) is 123 cm³/mol. The van der Waals surface area contributed by atoms with Gasteiger partial charge in [-0.2, -0.15) is 0 Å². The lowest BCUT2D eigenvalue weighted by molar-refractivity contribution is -0.119. The van der Waals surface area contributed by atoms with E-state index in [4.69, 9.17) is 17.0 Å². The van der Waals surface area contributed by atoms with Crippen molar-refractivity contribution < 1.29 is 9.53 Å². The third kappa shape index (κ3) is 12.7. The van der Waals surface area contributed by atoms with Crippen LogP contribution in [0.3, 0.4) is 0 Å². The van der Waals surface area contributed by atoms with Crippen LogP contribution in [0.25, 0.3) is 0 Å². The molecule has 0 saturated heterocycles. The zero-order valence-corrected chi connectivity index (χ0v) is 18.5. The molecule has 0 bridgehead atoms. The van der Waals surface area contributed by atoms with Crippen LogP contribution in [0.2, 0.25) is 0 Å². The van der Waals surface area contributed by atoms with Crippen LogP contribution in [-0.2, 0) is 4.79 Å². The average molecular weight is 407 g/mol. The van der Waals surface area contributed by atoms with Gasteiger partial charge in [-0.15, -0.1) is 0 Å². The van der Waals surface area contributed by atoms with E-state index in [1.807, 2.05) is 31.2 Å². The molecule has 2 N–H and O–H groups in total. The number of carbonyl (C=O) groups is 1. The van der Waals surface area contributed by atoms with Gasteiger partial charge in [0.1, 0.15) is 5.75 Å².